The Bertz CT molecular complexity index is 375. The van der Waals surface area contributed by atoms with Crippen LogP contribution in [-0.2, 0) is 6.42 Å². The van der Waals surface area contributed by atoms with Crippen LogP contribution in [0.1, 0.15) is 35.1 Å². The van der Waals surface area contributed by atoms with Gasteiger partial charge >= 0.3 is 0 Å². The first-order valence-corrected chi connectivity index (χ1v) is 6.06. The molecule has 1 aromatic heterocycles. The minimum absolute atomic E-state index is 0.0303. The van der Waals surface area contributed by atoms with Crippen LogP contribution < -0.4 is 11.1 Å². The van der Waals surface area contributed by atoms with Gasteiger partial charge in [-0.3, -0.25) is 4.79 Å². The van der Waals surface area contributed by atoms with Gasteiger partial charge in [0.05, 0.1) is 16.6 Å². The van der Waals surface area contributed by atoms with Crippen LogP contribution >= 0.6 is 11.3 Å². The zero-order valence-corrected chi connectivity index (χ0v) is 9.56. The normalized spacial score (nSPS) is 20.3. The van der Waals surface area contributed by atoms with Crippen LogP contribution in [0.3, 0.4) is 0 Å². The maximum atomic E-state index is 12.0. The summed E-state index contributed by atoms with van der Waals surface area (Å²) in [5.41, 5.74) is 6.49. The van der Waals surface area contributed by atoms with E-state index in [0.717, 1.165) is 36.4 Å². The number of ketones is 1. The van der Waals surface area contributed by atoms with E-state index in [4.69, 9.17) is 5.73 Å². The molecule has 0 saturated heterocycles. The maximum absolute atomic E-state index is 12.0. The number of anilines is 1. The van der Waals surface area contributed by atoms with Gasteiger partial charge in [-0.2, -0.15) is 0 Å². The predicted molar refractivity (Wildman–Crippen MR) is 61.3 cm³/mol. The molecular formula is C10H15N3OS. The van der Waals surface area contributed by atoms with E-state index < -0.39 is 0 Å². The highest BCUT2D eigenvalue weighted by Gasteiger charge is 2.29. The molecule has 0 bridgehead atoms. The smallest absolute Gasteiger partial charge is 0.191 e. The van der Waals surface area contributed by atoms with E-state index in [-0.39, 0.29) is 11.8 Å². The lowest BCUT2D eigenvalue weighted by atomic mass is 9.96. The van der Waals surface area contributed by atoms with Crippen LogP contribution in [0, 0.1) is 0 Å². The van der Waals surface area contributed by atoms with Gasteiger partial charge < -0.3 is 11.1 Å². The summed E-state index contributed by atoms with van der Waals surface area (Å²) in [5.74, 6) is 0.166. The number of aromatic nitrogens is 1. The topological polar surface area (TPSA) is 68.0 Å². The molecule has 15 heavy (non-hydrogen) atoms. The number of fused-ring (bicyclic) bond motifs is 1. The second kappa shape index (κ2) is 4.28. The molecule has 82 valence electrons. The predicted octanol–water partition coefficient (Wildman–Crippen LogP) is 1.22. The second-order valence-electron chi connectivity index (χ2n) is 3.74. The Balaban J connectivity index is 2.14. The van der Waals surface area contributed by atoms with Crippen molar-refractivity contribution in [3.63, 3.8) is 0 Å². The van der Waals surface area contributed by atoms with Crippen LogP contribution in [0.25, 0.3) is 0 Å². The van der Waals surface area contributed by atoms with Crippen molar-refractivity contribution in [1.29, 1.82) is 0 Å². The number of carbonyl (C=O) groups excluding carboxylic acids is 1. The summed E-state index contributed by atoms with van der Waals surface area (Å²) < 4.78 is 0. The molecule has 0 fully saturated rings. The second-order valence-corrected chi connectivity index (χ2v) is 4.77. The highest BCUT2D eigenvalue weighted by molar-refractivity contribution is 7.17. The zero-order chi connectivity index (χ0) is 10.8. The number of aryl methyl sites for hydroxylation is 1. The summed E-state index contributed by atoms with van der Waals surface area (Å²) in [4.78, 5) is 16.9. The molecule has 1 heterocycles. The Kier molecular flexibility index (Phi) is 3.02. The number of carbonyl (C=O) groups is 1. The van der Waals surface area contributed by atoms with E-state index in [9.17, 15) is 4.79 Å². The van der Waals surface area contributed by atoms with Gasteiger partial charge in [-0.05, 0) is 25.8 Å². The summed E-state index contributed by atoms with van der Waals surface area (Å²) in [7, 11) is 0. The minimum atomic E-state index is -0.0303. The van der Waals surface area contributed by atoms with E-state index in [1.807, 2.05) is 0 Å². The van der Waals surface area contributed by atoms with Crippen molar-refractivity contribution >= 4 is 22.3 Å². The summed E-state index contributed by atoms with van der Waals surface area (Å²) in [6, 6.07) is -0.0303. The Labute approximate surface area is 92.9 Å². The number of rotatable bonds is 3. The highest BCUT2D eigenvalue weighted by atomic mass is 32.1. The Morgan fingerprint density at radius 2 is 2.47 bits per heavy atom. The lowest BCUT2D eigenvalue weighted by molar-refractivity contribution is 0.0932. The van der Waals surface area contributed by atoms with Crippen molar-refractivity contribution in [2.75, 3.05) is 12.3 Å². The summed E-state index contributed by atoms with van der Waals surface area (Å²) in [6.45, 7) is 2.98. The number of nitrogens with one attached hydrogen (secondary N) is 1. The van der Waals surface area contributed by atoms with Crippen molar-refractivity contribution in [2.24, 2.45) is 0 Å². The third kappa shape index (κ3) is 2.03. The van der Waals surface area contributed by atoms with Gasteiger partial charge in [0, 0.05) is 0 Å². The molecule has 1 aromatic rings. The minimum Gasteiger partial charge on any atom is -0.375 e. The first kappa shape index (κ1) is 10.6. The van der Waals surface area contributed by atoms with Crippen molar-refractivity contribution in [1.82, 2.24) is 10.3 Å². The Morgan fingerprint density at radius 1 is 1.67 bits per heavy atom. The standard InChI is InChI=1S/C10H15N3OS/c1-2-5-12-6-3-4-7-9(8(6)14)15-10(11)13-7/h6,12H,2-5H2,1H3,(H2,11,13). The van der Waals surface area contributed by atoms with Crippen LogP contribution in [-0.4, -0.2) is 23.4 Å². The quantitative estimate of drug-likeness (QED) is 0.811. The number of nitrogens with two attached hydrogens (primary N) is 1. The lowest BCUT2D eigenvalue weighted by Crippen LogP contribution is -2.40. The van der Waals surface area contributed by atoms with Crippen molar-refractivity contribution < 1.29 is 4.79 Å². The molecule has 1 aliphatic carbocycles. The van der Waals surface area contributed by atoms with Gasteiger partial charge in [0.1, 0.15) is 0 Å². The van der Waals surface area contributed by atoms with E-state index in [1.165, 1.54) is 11.3 Å². The Hall–Kier alpha value is -0.940. The molecule has 1 unspecified atom stereocenters. The van der Waals surface area contributed by atoms with E-state index in [1.54, 1.807) is 0 Å². The van der Waals surface area contributed by atoms with Gasteiger partial charge in [0.25, 0.3) is 0 Å². The molecule has 0 aromatic carbocycles. The fourth-order valence-electron chi connectivity index (χ4n) is 1.82. The van der Waals surface area contributed by atoms with Gasteiger partial charge in [-0.1, -0.05) is 18.3 Å². The molecule has 0 spiro atoms. The molecular weight excluding hydrogens is 210 g/mol. The van der Waals surface area contributed by atoms with Crippen molar-refractivity contribution in [2.45, 2.75) is 32.2 Å². The molecule has 3 N–H and O–H groups in total. The molecule has 0 saturated carbocycles. The fraction of sp³-hybridized carbons (Fsp3) is 0.600. The summed E-state index contributed by atoms with van der Waals surface area (Å²) >= 11 is 1.31. The molecule has 0 aliphatic heterocycles. The monoisotopic (exact) mass is 225 g/mol. The average molecular weight is 225 g/mol. The van der Waals surface area contributed by atoms with E-state index >= 15 is 0 Å². The molecule has 1 aliphatic rings. The molecule has 0 radical (unpaired) electrons. The van der Waals surface area contributed by atoms with Crippen molar-refractivity contribution in [3.8, 4) is 0 Å². The number of hydrogen-bond acceptors (Lipinski definition) is 5. The van der Waals surface area contributed by atoms with Crippen molar-refractivity contribution in [3.05, 3.63) is 10.6 Å². The summed E-state index contributed by atoms with van der Waals surface area (Å²) in [6.07, 6.45) is 2.74. The first-order chi connectivity index (χ1) is 7.22. The highest BCUT2D eigenvalue weighted by Crippen LogP contribution is 2.28. The average Bonchev–Trinajstić information content (AvgIpc) is 2.59. The van der Waals surface area contributed by atoms with Gasteiger partial charge in [0.2, 0.25) is 0 Å². The van der Waals surface area contributed by atoms with Crippen LogP contribution in [0.5, 0.6) is 0 Å². The number of hydrogen-bond donors (Lipinski definition) is 2. The van der Waals surface area contributed by atoms with E-state index in [0.29, 0.717) is 5.13 Å². The molecule has 2 rings (SSSR count). The third-order valence-electron chi connectivity index (χ3n) is 2.56. The van der Waals surface area contributed by atoms with Gasteiger partial charge in [-0.15, -0.1) is 0 Å². The number of thiazole rings is 1. The van der Waals surface area contributed by atoms with Gasteiger partial charge in [-0.25, -0.2) is 4.98 Å². The number of nitrogens with zero attached hydrogens (tertiary/aromatic N) is 1. The molecule has 0 amide bonds. The van der Waals surface area contributed by atoms with Crippen LogP contribution in [0.15, 0.2) is 0 Å². The zero-order valence-electron chi connectivity index (χ0n) is 8.75. The van der Waals surface area contributed by atoms with Crippen LogP contribution in [0.2, 0.25) is 0 Å². The summed E-state index contributed by atoms with van der Waals surface area (Å²) in [5, 5.41) is 3.76. The Morgan fingerprint density at radius 3 is 3.20 bits per heavy atom. The number of nitrogen functional groups attached to an aromatic ring is 1. The molecule has 1 atom stereocenters. The first-order valence-electron chi connectivity index (χ1n) is 5.25. The largest absolute Gasteiger partial charge is 0.375 e. The molecule has 5 heteroatoms. The van der Waals surface area contributed by atoms with Gasteiger partial charge in [0.15, 0.2) is 10.9 Å². The number of Topliss-reactive ketones (excluding diaryl/α,β-unsaturated/α-hetero) is 1. The molecule has 4 nitrogen and oxygen atoms in total. The lowest BCUT2D eigenvalue weighted by Gasteiger charge is -2.20. The SMILES string of the molecule is CCCNC1CCc2nc(N)sc2C1=O. The fourth-order valence-corrected chi connectivity index (χ4v) is 2.69. The van der Waals surface area contributed by atoms with E-state index in [2.05, 4.69) is 17.2 Å². The third-order valence-corrected chi connectivity index (χ3v) is 3.51. The maximum Gasteiger partial charge on any atom is 0.191 e. The van der Waals surface area contributed by atoms with Crippen LogP contribution in [0.4, 0.5) is 5.13 Å².